The molecule has 0 bridgehead atoms. The third-order valence-electron chi connectivity index (χ3n) is 4.20. The van der Waals surface area contributed by atoms with E-state index in [1.54, 1.807) is 19.4 Å². The highest BCUT2D eigenvalue weighted by molar-refractivity contribution is 5.50. The first-order valence-corrected chi connectivity index (χ1v) is 7.39. The van der Waals surface area contributed by atoms with Crippen LogP contribution in [-0.4, -0.2) is 44.3 Å². The molecule has 0 aliphatic carbocycles. The maximum absolute atomic E-state index is 12.3. The van der Waals surface area contributed by atoms with Crippen LogP contribution >= 0.6 is 0 Å². The van der Waals surface area contributed by atoms with Gasteiger partial charge in [-0.25, -0.2) is 9.97 Å². The highest BCUT2D eigenvalue weighted by Crippen LogP contribution is 2.34. The largest absolute Gasteiger partial charge is 0.380 e. The van der Waals surface area contributed by atoms with Gasteiger partial charge < -0.3 is 9.64 Å². The van der Waals surface area contributed by atoms with E-state index < -0.39 is 0 Å². The number of fused-ring (bicyclic) bond motifs is 1. The molecule has 8 heteroatoms. The molecule has 118 valence electrons. The molecule has 1 N–H and O–H groups in total. The lowest BCUT2D eigenvalue weighted by Gasteiger charge is -2.23. The number of rotatable bonds is 3. The molecule has 0 saturated carbocycles. The van der Waals surface area contributed by atoms with Crippen molar-refractivity contribution in [1.29, 1.82) is 0 Å². The molecule has 0 amide bonds. The lowest BCUT2D eigenvalue weighted by molar-refractivity contribution is 0.118. The molecule has 0 radical (unpaired) electrons. The number of anilines is 1. The van der Waals surface area contributed by atoms with E-state index in [9.17, 15) is 4.79 Å². The molecule has 1 saturated heterocycles. The summed E-state index contributed by atoms with van der Waals surface area (Å²) >= 11 is 0. The Bertz CT molecular complexity index is 875. The Hall–Kier alpha value is -2.74. The minimum Gasteiger partial charge on any atom is -0.380 e. The van der Waals surface area contributed by atoms with Crippen LogP contribution in [0.3, 0.4) is 0 Å². The summed E-state index contributed by atoms with van der Waals surface area (Å²) in [4.78, 5) is 23.2. The topological polar surface area (TPSA) is 88.4 Å². The Morgan fingerprint density at radius 3 is 3.09 bits per heavy atom. The third kappa shape index (κ3) is 2.36. The normalized spacial score (nSPS) is 21.2. The quantitative estimate of drug-likeness (QED) is 0.769. The minimum atomic E-state index is -0.109. The summed E-state index contributed by atoms with van der Waals surface area (Å²) in [6.45, 7) is 0.650. The second-order valence-corrected chi connectivity index (χ2v) is 5.51. The third-order valence-corrected chi connectivity index (χ3v) is 4.20. The smallest absolute Gasteiger partial charge is 0.259 e. The first-order valence-electron chi connectivity index (χ1n) is 7.39. The van der Waals surface area contributed by atoms with Crippen molar-refractivity contribution in [2.24, 2.45) is 0 Å². The molecular formula is C15H16N6O2. The number of pyridine rings is 1. The van der Waals surface area contributed by atoms with Crippen LogP contribution < -0.4 is 10.5 Å². The molecule has 3 aromatic heterocycles. The zero-order chi connectivity index (χ0) is 15.8. The molecular weight excluding hydrogens is 296 g/mol. The van der Waals surface area contributed by atoms with E-state index in [-0.39, 0.29) is 17.7 Å². The van der Waals surface area contributed by atoms with Crippen LogP contribution in [0, 0.1) is 0 Å². The van der Waals surface area contributed by atoms with Crippen LogP contribution in [0.4, 0.5) is 5.82 Å². The number of aromatic amines is 1. The maximum atomic E-state index is 12.3. The average molecular weight is 312 g/mol. The summed E-state index contributed by atoms with van der Waals surface area (Å²) in [5.74, 6) is 1.38. The Morgan fingerprint density at radius 2 is 2.30 bits per heavy atom. The fourth-order valence-corrected chi connectivity index (χ4v) is 3.04. The second-order valence-electron chi connectivity index (χ2n) is 5.51. The van der Waals surface area contributed by atoms with Crippen LogP contribution in [0.5, 0.6) is 0 Å². The van der Waals surface area contributed by atoms with Crippen molar-refractivity contribution in [3.63, 3.8) is 0 Å². The van der Waals surface area contributed by atoms with Gasteiger partial charge in [-0.1, -0.05) is 6.07 Å². The van der Waals surface area contributed by atoms with Gasteiger partial charge in [0, 0.05) is 32.3 Å². The summed E-state index contributed by atoms with van der Waals surface area (Å²) in [5, 5.41) is 6.83. The maximum Gasteiger partial charge on any atom is 0.259 e. The van der Waals surface area contributed by atoms with Gasteiger partial charge in [0.15, 0.2) is 0 Å². The van der Waals surface area contributed by atoms with Crippen LogP contribution in [0.15, 0.2) is 41.6 Å². The lowest BCUT2D eigenvalue weighted by atomic mass is 10.2. The number of hydrogen-bond donors (Lipinski definition) is 1. The van der Waals surface area contributed by atoms with Crippen molar-refractivity contribution < 1.29 is 4.74 Å². The van der Waals surface area contributed by atoms with Gasteiger partial charge in [-0.3, -0.25) is 14.3 Å². The van der Waals surface area contributed by atoms with Gasteiger partial charge in [-0.05, 0) is 12.1 Å². The molecule has 0 unspecified atom stereocenters. The monoisotopic (exact) mass is 312 g/mol. The predicted octanol–water partition coefficient (Wildman–Crippen LogP) is 0.779. The van der Waals surface area contributed by atoms with E-state index >= 15 is 0 Å². The SMILES string of the molecule is CO[C@@H]1C[C@@H](c2ncn[nH]2)N(c2cc(=O)n3ccccc3n2)C1. The van der Waals surface area contributed by atoms with Crippen molar-refractivity contribution in [1.82, 2.24) is 24.6 Å². The summed E-state index contributed by atoms with van der Waals surface area (Å²) in [7, 11) is 1.69. The van der Waals surface area contributed by atoms with Crippen molar-refractivity contribution in [2.75, 3.05) is 18.6 Å². The Kier molecular flexibility index (Phi) is 3.30. The van der Waals surface area contributed by atoms with Gasteiger partial charge in [0.2, 0.25) is 0 Å². The van der Waals surface area contributed by atoms with Gasteiger partial charge in [0.25, 0.3) is 5.56 Å². The van der Waals surface area contributed by atoms with E-state index in [1.807, 2.05) is 23.1 Å². The fraction of sp³-hybridized carbons (Fsp3) is 0.333. The lowest BCUT2D eigenvalue weighted by Crippen LogP contribution is -2.28. The molecule has 1 aliphatic heterocycles. The van der Waals surface area contributed by atoms with Gasteiger partial charge in [-0.2, -0.15) is 5.10 Å². The van der Waals surface area contributed by atoms with E-state index in [2.05, 4.69) is 20.2 Å². The average Bonchev–Trinajstić information content (AvgIpc) is 3.24. The van der Waals surface area contributed by atoms with E-state index in [1.165, 1.54) is 10.7 Å². The summed E-state index contributed by atoms with van der Waals surface area (Å²) in [6.07, 6.45) is 4.02. The van der Waals surface area contributed by atoms with Crippen molar-refractivity contribution in [3.8, 4) is 0 Å². The van der Waals surface area contributed by atoms with Crippen LogP contribution in [0.2, 0.25) is 0 Å². The molecule has 0 spiro atoms. The summed E-state index contributed by atoms with van der Waals surface area (Å²) < 4.78 is 7.02. The molecule has 1 fully saturated rings. The number of aromatic nitrogens is 5. The number of nitrogens with one attached hydrogen (secondary N) is 1. The standard InChI is InChI=1S/C15H16N6O2/c1-23-10-6-11(15-16-9-17-19-15)21(8-10)13-7-14(22)20-5-3-2-4-12(20)18-13/h2-5,7,9-11H,6,8H2,1H3,(H,16,17,19)/t10-,11+/m1/s1. The van der Waals surface area contributed by atoms with E-state index in [0.717, 1.165) is 12.2 Å². The molecule has 4 heterocycles. The molecule has 0 aromatic carbocycles. The minimum absolute atomic E-state index is 0.0412. The summed E-state index contributed by atoms with van der Waals surface area (Å²) in [6, 6.07) is 7.00. The second kappa shape index (κ2) is 5.47. The van der Waals surface area contributed by atoms with Crippen molar-refractivity contribution >= 4 is 11.5 Å². The fourth-order valence-electron chi connectivity index (χ4n) is 3.04. The number of hydrogen-bond acceptors (Lipinski definition) is 6. The Morgan fingerprint density at radius 1 is 1.39 bits per heavy atom. The van der Waals surface area contributed by atoms with Gasteiger partial charge >= 0.3 is 0 Å². The molecule has 2 atom stereocenters. The highest BCUT2D eigenvalue weighted by atomic mass is 16.5. The van der Waals surface area contributed by atoms with Gasteiger partial charge in [-0.15, -0.1) is 0 Å². The van der Waals surface area contributed by atoms with Crippen LogP contribution in [0.1, 0.15) is 18.3 Å². The van der Waals surface area contributed by atoms with Crippen molar-refractivity contribution in [3.05, 3.63) is 53.0 Å². The van der Waals surface area contributed by atoms with Crippen LogP contribution in [-0.2, 0) is 4.74 Å². The zero-order valence-electron chi connectivity index (χ0n) is 12.6. The molecule has 1 aliphatic rings. The summed E-state index contributed by atoms with van der Waals surface area (Å²) in [5.41, 5.74) is 0.509. The molecule has 8 nitrogen and oxygen atoms in total. The first kappa shape index (κ1) is 13.9. The van der Waals surface area contributed by atoms with Crippen LogP contribution in [0.25, 0.3) is 5.65 Å². The molecule has 23 heavy (non-hydrogen) atoms. The van der Waals surface area contributed by atoms with E-state index in [0.29, 0.717) is 18.0 Å². The number of ether oxygens (including phenoxy) is 1. The number of nitrogens with zero attached hydrogens (tertiary/aromatic N) is 5. The molecule has 4 rings (SSSR count). The predicted molar refractivity (Wildman–Crippen MR) is 83.3 cm³/mol. The first-order chi connectivity index (χ1) is 11.3. The Labute approximate surface area is 131 Å². The molecule has 3 aromatic rings. The van der Waals surface area contributed by atoms with Gasteiger partial charge in [0.05, 0.1) is 12.1 Å². The zero-order valence-corrected chi connectivity index (χ0v) is 12.6. The number of H-pyrrole nitrogens is 1. The van der Waals surface area contributed by atoms with E-state index in [4.69, 9.17) is 4.74 Å². The highest BCUT2D eigenvalue weighted by Gasteiger charge is 2.36. The Balaban J connectivity index is 1.80. The van der Waals surface area contributed by atoms with Gasteiger partial charge in [0.1, 0.15) is 23.6 Å². The number of methoxy groups -OCH3 is 1. The van der Waals surface area contributed by atoms with Crippen molar-refractivity contribution in [2.45, 2.75) is 18.6 Å².